The molecule has 3 fully saturated rings. The van der Waals surface area contributed by atoms with E-state index in [0.29, 0.717) is 29.7 Å². The van der Waals surface area contributed by atoms with Crippen LogP contribution in [0, 0.1) is 11.3 Å². The van der Waals surface area contributed by atoms with Crippen molar-refractivity contribution in [3.05, 3.63) is 60.4 Å². The summed E-state index contributed by atoms with van der Waals surface area (Å²) in [6.07, 6.45) is 0.332. The third-order valence-electron chi connectivity index (χ3n) is 7.70. The van der Waals surface area contributed by atoms with E-state index in [1.165, 1.54) is 12.0 Å². The number of piperazine rings is 1. The number of hydrogen-bond donors (Lipinski definition) is 2. The van der Waals surface area contributed by atoms with Gasteiger partial charge in [0, 0.05) is 55.6 Å². The van der Waals surface area contributed by atoms with Gasteiger partial charge in [-0.25, -0.2) is 18.7 Å². The van der Waals surface area contributed by atoms with Gasteiger partial charge >= 0.3 is 0 Å². The van der Waals surface area contributed by atoms with Crippen LogP contribution in [0.15, 0.2) is 54.9 Å². The number of rotatable bonds is 7. The molecule has 6 rings (SSSR count). The molecule has 208 valence electrons. The zero-order valence-electron chi connectivity index (χ0n) is 22.0. The monoisotopic (exact) mass is 547 g/mol. The Morgan fingerprint density at radius 3 is 2.55 bits per heavy atom. The van der Waals surface area contributed by atoms with Gasteiger partial charge < -0.3 is 25.0 Å². The second-order valence-electron chi connectivity index (χ2n) is 10.3. The first kappa shape index (κ1) is 26.4. The van der Waals surface area contributed by atoms with Gasteiger partial charge in [-0.2, -0.15) is 5.26 Å². The van der Waals surface area contributed by atoms with Crippen LogP contribution < -0.4 is 20.3 Å². The molecule has 1 unspecified atom stereocenters. The van der Waals surface area contributed by atoms with Crippen molar-refractivity contribution in [2.24, 2.45) is 0 Å². The molecular formula is C29H31F2N7O2. The molecule has 0 aliphatic carbocycles. The summed E-state index contributed by atoms with van der Waals surface area (Å²) in [5.74, 6) is -2.26. The number of alkyl halides is 2. The lowest BCUT2D eigenvalue weighted by molar-refractivity contribution is -0.109. The Balaban J connectivity index is 1.11. The van der Waals surface area contributed by atoms with Crippen LogP contribution in [-0.2, 0) is 4.74 Å². The van der Waals surface area contributed by atoms with E-state index in [2.05, 4.69) is 48.6 Å². The van der Waals surface area contributed by atoms with Gasteiger partial charge in [0.15, 0.2) is 6.10 Å². The summed E-state index contributed by atoms with van der Waals surface area (Å²) in [6.45, 7) is 5.78. The normalized spacial score (nSPS) is 21.3. The van der Waals surface area contributed by atoms with Crippen LogP contribution in [0.25, 0.3) is 11.3 Å². The minimum atomic E-state index is -3.00. The number of aromatic nitrogens is 2. The molecule has 11 heteroatoms. The Hall–Kier alpha value is -3.85. The molecular weight excluding hydrogens is 516 g/mol. The van der Waals surface area contributed by atoms with Crippen LogP contribution in [0.4, 0.5) is 26.0 Å². The summed E-state index contributed by atoms with van der Waals surface area (Å²) in [5, 5.41) is 15.7. The largest absolute Gasteiger partial charge is 0.483 e. The zero-order valence-corrected chi connectivity index (χ0v) is 22.0. The van der Waals surface area contributed by atoms with Gasteiger partial charge in [0.25, 0.3) is 5.92 Å². The maximum Gasteiger partial charge on any atom is 0.296 e. The third-order valence-corrected chi connectivity index (χ3v) is 7.70. The predicted molar refractivity (Wildman–Crippen MR) is 147 cm³/mol. The highest BCUT2D eigenvalue weighted by Gasteiger charge is 2.43. The van der Waals surface area contributed by atoms with E-state index in [0.717, 1.165) is 45.1 Å². The second-order valence-corrected chi connectivity index (χ2v) is 10.3. The summed E-state index contributed by atoms with van der Waals surface area (Å²) in [7, 11) is 0. The lowest BCUT2D eigenvalue weighted by Crippen LogP contribution is -2.56. The van der Waals surface area contributed by atoms with E-state index in [4.69, 9.17) is 9.47 Å². The van der Waals surface area contributed by atoms with E-state index < -0.39 is 18.6 Å². The first-order valence-electron chi connectivity index (χ1n) is 13.5. The van der Waals surface area contributed by atoms with Crippen molar-refractivity contribution in [3.8, 4) is 23.1 Å². The molecule has 3 aliphatic rings. The fourth-order valence-corrected chi connectivity index (χ4v) is 5.26. The molecule has 1 atom stereocenters. The lowest BCUT2D eigenvalue weighted by atomic mass is 10.0. The minimum absolute atomic E-state index is 0.142. The number of hydrogen-bond acceptors (Lipinski definition) is 9. The van der Waals surface area contributed by atoms with Gasteiger partial charge in [0.1, 0.15) is 24.0 Å². The van der Waals surface area contributed by atoms with Crippen LogP contribution in [0.5, 0.6) is 5.75 Å². The molecule has 3 aliphatic heterocycles. The quantitative estimate of drug-likeness (QED) is 0.459. The molecule has 2 aromatic carbocycles. The van der Waals surface area contributed by atoms with Crippen molar-refractivity contribution in [3.63, 3.8) is 0 Å². The van der Waals surface area contributed by atoms with Crippen molar-refractivity contribution < 1.29 is 18.3 Å². The molecule has 0 spiro atoms. The summed E-state index contributed by atoms with van der Waals surface area (Å²) in [6, 6.07) is 17.6. The van der Waals surface area contributed by atoms with Crippen molar-refractivity contribution in [1.82, 2.24) is 20.2 Å². The van der Waals surface area contributed by atoms with Gasteiger partial charge in [-0.1, -0.05) is 0 Å². The fraction of sp³-hybridized carbons (Fsp3) is 0.414. The van der Waals surface area contributed by atoms with Crippen molar-refractivity contribution in [1.29, 1.82) is 5.26 Å². The van der Waals surface area contributed by atoms with Crippen molar-refractivity contribution in [2.45, 2.75) is 24.5 Å². The van der Waals surface area contributed by atoms with Crippen LogP contribution in [0.1, 0.15) is 12.0 Å². The Morgan fingerprint density at radius 2 is 1.85 bits per heavy atom. The van der Waals surface area contributed by atoms with E-state index in [1.54, 1.807) is 24.3 Å². The molecule has 0 saturated carbocycles. The SMILES string of the molecule is N#Cc1cc(-c2cc(Nc3ccc(N4CCN(C5COC5)CC4)cc3)ncn2)ccc1OC1CCNCC1(F)F. The number of nitrogens with zero attached hydrogens (tertiary/aromatic N) is 5. The molecule has 1 aromatic heterocycles. The molecule has 0 amide bonds. The van der Waals surface area contributed by atoms with Gasteiger partial charge in [0.05, 0.1) is 37.1 Å². The molecule has 4 heterocycles. The molecule has 0 radical (unpaired) electrons. The van der Waals surface area contributed by atoms with Crippen molar-refractivity contribution >= 4 is 17.2 Å². The standard InChI is InChI=1S/C29H31F2N7O2/c30-29(31)18-33-8-7-27(29)40-26-6-1-20(13-21(26)15-32)25-14-28(35-19-34-25)36-22-2-4-23(5-3-22)37-9-11-38(12-10-37)24-16-39-17-24/h1-6,13-14,19,24,27,33H,7-12,16-18H2,(H,34,35,36). The molecule has 40 heavy (non-hydrogen) atoms. The average Bonchev–Trinajstić information content (AvgIpc) is 2.94. The van der Waals surface area contributed by atoms with E-state index in [1.807, 2.05) is 12.1 Å². The number of anilines is 3. The topological polar surface area (TPSA) is 98.6 Å². The Labute approximate surface area is 231 Å². The Bertz CT molecular complexity index is 1370. The first-order valence-corrected chi connectivity index (χ1v) is 13.5. The van der Waals surface area contributed by atoms with Crippen molar-refractivity contribution in [2.75, 3.05) is 62.7 Å². The van der Waals surface area contributed by atoms with Gasteiger partial charge in [-0.15, -0.1) is 0 Å². The van der Waals surface area contributed by atoms with Crippen LogP contribution in [0.2, 0.25) is 0 Å². The molecule has 3 aromatic rings. The van der Waals surface area contributed by atoms with E-state index in [9.17, 15) is 14.0 Å². The summed E-state index contributed by atoms with van der Waals surface area (Å²) >= 11 is 0. The number of halogens is 2. The lowest BCUT2D eigenvalue weighted by Gasteiger charge is -2.43. The van der Waals surface area contributed by atoms with Crippen LogP contribution in [-0.4, -0.2) is 85.4 Å². The van der Waals surface area contributed by atoms with Gasteiger partial charge in [-0.05, 0) is 49.0 Å². The summed E-state index contributed by atoms with van der Waals surface area (Å²) in [5.41, 5.74) is 3.51. The maximum absolute atomic E-state index is 14.2. The predicted octanol–water partition coefficient (Wildman–Crippen LogP) is 3.66. The molecule has 2 N–H and O–H groups in total. The second kappa shape index (κ2) is 11.3. The Kier molecular flexibility index (Phi) is 7.47. The minimum Gasteiger partial charge on any atom is -0.483 e. The maximum atomic E-state index is 14.2. The number of nitriles is 1. The number of piperidine rings is 1. The summed E-state index contributed by atoms with van der Waals surface area (Å²) in [4.78, 5) is 13.6. The van der Waals surface area contributed by atoms with Gasteiger partial charge in [-0.3, -0.25) is 4.90 Å². The number of benzene rings is 2. The third kappa shape index (κ3) is 5.70. The van der Waals surface area contributed by atoms with Crippen LogP contribution in [0.3, 0.4) is 0 Å². The van der Waals surface area contributed by atoms with Crippen LogP contribution >= 0.6 is 0 Å². The molecule has 9 nitrogen and oxygen atoms in total. The zero-order chi connectivity index (χ0) is 27.5. The summed E-state index contributed by atoms with van der Waals surface area (Å²) < 4.78 is 39.4. The highest BCUT2D eigenvalue weighted by molar-refractivity contribution is 5.68. The number of ether oxygens (including phenoxy) is 2. The first-order chi connectivity index (χ1) is 19.5. The molecule has 0 bridgehead atoms. The fourth-order valence-electron chi connectivity index (χ4n) is 5.26. The smallest absolute Gasteiger partial charge is 0.296 e. The highest BCUT2D eigenvalue weighted by atomic mass is 19.3. The highest BCUT2D eigenvalue weighted by Crippen LogP contribution is 2.32. The average molecular weight is 548 g/mol. The van der Waals surface area contributed by atoms with E-state index >= 15 is 0 Å². The number of nitrogens with one attached hydrogen (secondary N) is 2. The van der Waals surface area contributed by atoms with Gasteiger partial charge in [0.2, 0.25) is 0 Å². The molecule has 3 saturated heterocycles. The van der Waals surface area contributed by atoms with E-state index in [-0.39, 0.29) is 17.7 Å². The Morgan fingerprint density at radius 1 is 1.05 bits per heavy atom.